The summed E-state index contributed by atoms with van der Waals surface area (Å²) in [6.45, 7) is 2.42. The summed E-state index contributed by atoms with van der Waals surface area (Å²) in [6.07, 6.45) is 1.60. The molecular formula is C10H10Cl2O. The zero-order chi connectivity index (χ0) is 9.68. The van der Waals surface area contributed by atoms with Gasteiger partial charge in [-0.3, -0.25) is 0 Å². The van der Waals surface area contributed by atoms with E-state index in [0.717, 1.165) is 5.75 Å². The summed E-state index contributed by atoms with van der Waals surface area (Å²) in [5.41, 5.74) is 1.21. The van der Waals surface area contributed by atoms with E-state index >= 15 is 0 Å². The molecule has 0 aromatic heterocycles. The van der Waals surface area contributed by atoms with Gasteiger partial charge < -0.3 is 4.74 Å². The van der Waals surface area contributed by atoms with Crippen molar-refractivity contribution in [3.63, 3.8) is 0 Å². The number of aryl methyl sites for hydroxylation is 1. The molecule has 0 fully saturated rings. The van der Waals surface area contributed by atoms with E-state index in [-0.39, 0.29) is 4.49 Å². The molecule has 0 bridgehead atoms. The van der Waals surface area contributed by atoms with Crippen LogP contribution in [0.15, 0.2) is 34.8 Å². The van der Waals surface area contributed by atoms with Crippen molar-refractivity contribution < 1.29 is 4.74 Å². The molecule has 0 aliphatic carbocycles. The van der Waals surface area contributed by atoms with Crippen molar-refractivity contribution in [1.82, 2.24) is 0 Å². The number of halogens is 2. The lowest BCUT2D eigenvalue weighted by molar-refractivity contribution is 0.363. The fourth-order valence-electron chi connectivity index (χ4n) is 0.835. The van der Waals surface area contributed by atoms with Gasteiger partial charge in [0.05, 0.1) is 0 Å². The van der Waals surface area contributed by atoms with Crippen molar-refractivity contribution in [2.45, 2.75) is 6.92 Å². The lowest BCUT2D eigenvalue weighted by atomic mass is 10.2. The number of benzene rings is 1. The molecule has 0 unspecified atom stereocenters. The van der Waals surface area contributed by atoms with Gasteiger partial charge in [-0.25, -0.2) is 0 Å². The lowest BCUT2D eigenvalue weighted by Crippen LogP contribution is -1.92. The Morgan fingerprint density at radius 3 is 2.46 bits per heavy atom. The lowest BCUT2D eigenvalue weighted by Gasteiger charge is -2.02. The smallest absolute Gasteiger partial charge is 0.119 e. The molecule has 0 spiro atoms. The topological polar surface area (TPSA) is 9.23 Å². The van der Waals surface area contributed by atoms with Crippen LogP contribution in [-0.2, 0) is 0 Å². The van der Waals surface area contributed by atoms with Gasteiger partial charge in [-0.05, 0) is 25.1 Å². The van der Waals surface area contributed by atoms with E-state index in [9.17, 15) is 0 Å². The van der Waals surface area contributed by atoms with Gasteiger partial charge in [0.2, 0.25) is 0 Å². The van der Waals surface area contributed by atoms with Gasteiger partial charge in [0.25, 0.3) is 0 Å². The van der Waals surface area contributed by atoms with Gasteiger partial charge in [0.1, 0.15) is 16.8 Å². The molecule has 1 rings (SSSR count). The molecule has 0 atom stereocenters. The van der Waals surface area contributed by atoms with Crippen molar-refractivity contribution >= 4 is 23.2 Å². The monoisotopic (exact) mass is 216 g/mol. The first kappa shape index (κ1) is 10.4. The first-order valence-corrected chi connectivity index (χ1v) is 4.64. The zero-order valence-corrected chi connectivity index (χ0v) is 8.77. The third-order valence-corrected chi connectivity index (χ3v) is 1.82. The van der Waals surface area contributed by atoms with Crippen LogP contribution in [0.5, 0.6) is 5.75 Å². The normalized spacial score (nSPS) is 9.46. The van der Waals surface area contributed by atoms with Crippen molar-refractivity contribution in [3.8, 4) is 5.75 Å². The number of hydrogen-bond donors (Lipinski definition) is 0. The molecule has 0 N–H and O–H groups in total. The molecule has 0 heterocycles. The zero-order valence-electron chi connectivity index (χ0n) is 7.26. The Morgan fingerprint density at radius 2 is 1.92 bits per heavy atom. The van der Waals surface area contributed by atoms with E-state index in [1.54, 1.807) is 6.08 Å². The van der Waals surface area contributed by atoms with E-state index in [1.807, 2.05) is 31.2 Å². The largest absolute Gasteiger partial charge is 0.489 e. The van der Waals surface area contributed by atoms with Crippen LogP contribution in [0.25, 0.3) is 0 Å². The standard InChI is InChI=1S/C10H10Cl2O/c1-8-2-4-9(5-3-8)13-7-6-10(11)12/h2-6H,7H2,1H3. The van der Waals surface area contributed by atoms with E-state index < -0.39 is 0 Å². The van der Waals surface area contributed by atoms with Crippen LogP contribution in [0.2, 0.25) is 0 Å². The molecule has 13 heavy (non-hydrogen) atoms. The molecule has 1 aromatic rings. The molecule has 1 aromatic carbocycles. The van der Waals surface area contributed by atoms with E-state index in [1.165, 1.54) is 5.56 Å². The van der Waals surface area contributed by atoms with Crippen LogP contribution in [0, 0.1) is 6.92 Å². The molecule has 0 saturated carbocycles. The highest BCUT2D eigenvalue weighted by molar-refractivity contribution is 6.55. The van der Waals surface area contributed by atoms with E-state index in [2.05, 4.69) is 0 Å². The van der Waals surface area contributed by atoms with Gasteiger partial charge in [0.15, 0.2) is 0 Å². The van der Waals surface area contributed by atoms with Crippen LogP contribution < -0.4 is 4.74 Å². The minimum Gasteiger partial charge on any atom is -0.489 e. The Labute approximate surface area is 87.9 Å². The van der Waals surface area contributed by atoms with Crippen LogP contribution in [0.4, 0.5) is 0 Å². The first-order valence-electron chi connectivity index (χ1n) is 3.89. The van der Waals surface area contributed by atoms with E-state index in [4.69, 9.17) is 27.9 Å². The van der Waals surface area contributed by atoms with Crippen LogP contribution in [-0.4, -0.2) is 6.61 Å². The average molecular weight is 217 g/mol. The Bertz CT molecular complexity index is 286. The molecular weight excluding hydrogens is 207 g/mol. The van der Waals surface area contributed by atoms with Gasteiger partial charge in [-0.2, -0.15) is 0 Å². The van der Waals surface area contributed by atoms with Gasteiger partial charge >= 0.3 is 0 Å². The second-order valence-corrected chi connectivity index (χ2v) is 3.63. The van der Waals surface area contributed by atoms with Crippen molar-refractivity contribution in [2.75, 3.05) is 6.61 Å². The Balaban J connectivity index is 2.46. The summed E-state index contributed by atoms with van der Waals surface area (Å²) in [6, 6.07) is 7.79. The average Bonchev–Trinajstić information content (AvgIpc) is 2.08. The second-order valence-electron chi connectivity index (χ2n) is 2.62. The van der Waals surface area contributed by atoms with E-state index in [0.29, 0.717) is 6.61 Å². The Morgan fingerprint density at radius 1 is 1.31 bits per heavy atom. The Hall–Kier alpha value is -0.660. The maximum Gasteiger partial charge on any atom is 0.119 e. The fourth-order valence-corrected chi connectivity index (χ4v) is 0.961. The summed E-state index contributed by atoms with van der Waals surface area (Å²) in [4.78, 5) is 0. The predicted octanol–water partition coefficient (Wildman–Crippen LogP) is 3.69. The highest BCUT2D eigenvalue weighted by Gasteiger charge is 1.91. The van der Waals surface area contributed by atoms with Crippen LogP contribution >= 0.6 is 23.2 Å². The SMILES string of the molecule is Cc1ccc(OCC=C(Cl)Cl)cc1. The maximum absolute atomic E-state index is 5.42. The third kappa shape index (κ3) is 4.20. The van der Waals surface area contributed by atoms with Gasteiger partial charge in [-0.1, -0.05) is 40.9 Å². The second kappa shape index (κ2) is 5.15. The minimum absolute atomic E-state index is 0.229. The van der Waals surface area contributed by atoms with Gasteiger partial charge in [-0.15, -0.1) is 0 Å². The first-order chi connectivity index (χ1) is 6.18. The van der Waals surface area contributed by atoms with Crippen molar-refractivity contribution in [2.24, 2.45) is 0 Å². The summed E-state index contributed by atoms with van der Waals surface area (Å²) < 4.78 is 5.56. The summed E-state index contributed by atoms with van der Waals surface area (Å²) >= 11 is 10.8. The molecule has 70 valence electrons. The number of rotatable bonds is 3. The molecule has 3 heteroatoms. The molecule has 0 radical (unpaired) electrons. The van der Waals surface area contributed by atoms with Crippen molar-refractivity contribution in [3.05, 3.63) is 40.4 Å². The summed E-state index contributed by atoms with van der Waals surface area (Å²) in [7, 11) is 0. The highest BCUT2D eigenvalue weighted by atomic mass is 35.5. The maximum atomic E-state index is 5.42. The fraction of sp³-hybridized carbons (Fsp3) is 0.200. The van der Waals surface area contributed by atoms with Crippen LogP contribution in [0.1, 0.15) is 5.56 Å². The minimum atomic E-state index is 0.229. The molecule has 0 saturated heterocycles. The molecule has 0 aliphatic rings. The quantitative estimate of drug-likeness (QED) is 0.750. The number of ether oxygens (including phenoxy) is 1. The molecule has 0 aliphatic heterocycles. The van der Waals surface area contributed by atoms with Crippen molar-refractivity contribution in [1.29, 1.82) is 0 Å². The van der Waals surface area contributed by atoms with Crippen LogP contribution in [0.3, 0.4) is 0 Å². The number of hydrogen-bond acceptors (Lipinski definition) is 1. The molecule has 1 nitrogen and oxygen atoms in total. The summed E-state index contributed by atoms with van der Waals surface area (Å²) in [5, 5.41) is 0. The van der Waals surface area contributed by atoms with Gasteiger partial charge in [0, 0.05) is 0 Å². The Kier molecular flexibility index (Phi) is 4.13. The predicted molar refractivity (Wildman–Crippen MR) is 56.5 cm³/mol. The molecule has 0 amide bonds. The summed E-state index contributed by atoms with van der Waals surface area (Å²) in [5.74, 6) is 0.816. The third-order valence-electron chi connectivity index (χ3n) is 1.51. The highest BCUT2D eigenvalue weighted by Crippen LogP contribution is 2.12.